The quantitative estimate of drug-likeness (QED) is 0.507. The second-order valence-electron chi connectivity index (χ2n) is 7.26. The number of rotatable bonds is 5. The Morgan fingerprint density at radius 2 is 1.93 bits per heavy atom. The monoisotopic (exact) mass is 397 g/mol. The number of hydrogen-bond donors (Lipinski definition) is 2. The number of aromatic nitrogens is 1. The van der Waals surface area contributed by atoms with Gasteiger partial charge in [-0.1, -0.05) is 24.3 Å². The Bertz CT molecular complexity index is 1060. The smallest absolute Gasteiger partial charge is 0.293 e. The van der Waals surface area contributed by atoms with E-state index in [0.29, 0.717) is 43.5 Å². The highest BCUT2D eigenvalue weighted by molar-refractivity contribution is 6.00. The van der Waals surface area contributed by atoms with Gasteiger partial charge in [0.25, 0.3) is 11.6 Å². The molecule has 7 nitrogen and oxygen atoms in total. The molecule has 0 unspecified atom stereocenters. The van der Waals surface area contributed by atoms with E-state index in [1.807, 2.05) is 0 Å². The lowest BCUT2D eigenvalue weighted by atomic mass is 9.74. The van der Waals surface area contributed by atoms with Crippen molar-refractivity contribution in [2.24, 2.45) is 0 Å². The Hall–Kier alpha value is -3.26. The summed E-state index contributed by atoms with van der Waals surface area (Å²) in [5.74, 6) is -0.650. The van der Waals surface area contributed by atoms with Crippen molar-refractivity contribution in [2.75, 3.05) is 19.8 Å². The number of H-pyrrole nitrogens is 1. The summed E-state index contributed by atoms with van der Waals surface area (Å²) in [6.07, 6.45) is 1.41. The van der Waals surface area contributed by atoms with Gasteiger partial charge in [0.1, 0.15) is 17.0 Å². The number of para-hydroxylation sites is 1. The van der Waals surface area contributed by atoms with E-state index in [2.05, 4.69) is 10.3 Å². The minimum Gasteiger partial charge on any atom is -0.381 e. The van der Waals surface area contributed by atoms with E-state index < -0.39 is 4.92 Å². The van der Waals surface area contributed by atoms with Crippen LogP contribution in [0.15, 0.2) is 48.5 Å². The molecule has 1 aromatic heterocycles. The van der Waals surface area contributed by atoms with Gasteiger partial charge in [-0.15, -0.1) is 0 Å². The minimum absolute atomic E-state index is 0.0752. The van der Waals surface area contributed by atoms with E-state index in [4.69, 9.17) is 4.74 Å². The number of halogens is 1. The second-order valence-corrected chi connectivity index (χ2v) is 7.26. The molecule has 2 N–H and O–H groups in total. The molecular formula is C21H20FN3O4. The summed E-state index contributed by atoms with van der Waals surface area (Å²) in [6.45, 7) is 1.48. The molecule has 0 spiro atoms. The van der Waals surface area contributed by atoms with Crippen LogP contribution in [0.25, 0.3) is 10.9 Å². The Morgan fingerprint density at radius 3 is 2.62 bits per heavy atom. The van der Waals surface area contributed by atoms with Gasteiger partial charge >= 0.3 is 0 Å². The fraction of sp³-hybridized carbons (Fsp3) is 0.286. The molecule has 1 aliphatic heterocycles. The molecule has 1 fully saturated rings. The van der Waals surface area contributed by atoms with Crippen molar-refractivity contribution in [3.8, 4) is 0 Å². The number of fused-ring (bicyclic) bond motifs is 1. The number of nitrogens with one attached hydrogen (secondary N) is 2. The number of non-ortho nitro benzene ring substituents is 1. The number of nitro benzene ring substituents is 1. The summed E-state index contributed by atoms with van der Waals surface area (Å²) < 4.78 is 18.8. The molecule has 150 valence electrons. The highest BCUT2D eigenvalue weighted by Crippen LogP contribution is 2.34. The summed E-state index contributed by atoms with van der Waals surface area (Å²) in [4.78, 5) is 26.3. The largest absolute Gasteiger partial charge is 0.381 e. The van der Waals surface area contributed by atoms with Gasteiger partial charge in [0.15, 0.2) is 0 Å². The molecule has 2 heterocycles. The van der Waals surface area contributed by atoms with Gasteiger partial charge in [-0.25, -0.2) is 4.39 Å². The van der Waals surface area contributed by atoms with Crippen molar-refractivity contribution in [1.29, 1.82) is 0 Å². The van der Waals surface area contributed by atoms with E-state index in [0.717, 1.165) is 5.56 Å². The van der Waals surface area contributed by atoms with E-state index >= 15 is 0 Å². The van der Waals surface area contributed by atoms with Gasteiger partial charge in [-0.3, -0.25) is 14.9 Å². The number of amides is 1. The standard InChI is InChI=1S/C21H20FN3O4/c22-16-6-4-15(5-7-16)21(8-10-29-11-9-21)13-23-20(26)17-12-14-2-1-3-18(25(27)28)19(14)24-17/h1-7,12,24H,8-11,13H2,(H,23,26). The summed E-state index contributed by atoms with van der Waals surface area (Å²) in [7, 11) is 0. The SMILES string of the molecule is O=C(NCC1(c2ccc(F)cc2)CCOCC1)c1cc2cccc([N+](=O)[O-])c2[nH]1. The normalized spacial score (nSPS) is 15.9. The number of nitro groups is 1. The molecular weight excluding hydrogens is 377 g/mol. The summed E-state index contributed by atoms with van der Waals surface area (Å²) in [5, 5.41) is 14.7. The minimum atomic E-state index is -0.480. The Morgan fingerprint density at radius 1 is 1.21 bits per heavy atom. The van der Waals surface area contributed by atoms with Crippen LogP contribution in [0.5, 0.6) is 0 Å². The van der Waals surface area contributed by atoms with Crippen molar-refractivity contribution in [1.82, 2.24) is 10.3 Å². The van der Waals surface area contributed by atoms with Crippen LogP contribution < -0.4 is 5.32 Å². The van der Waals surface area contributed by atoms with Gasteiger partial charge < -0.3 is 15.0 Å². The average molecular weight is 397 g/mol. The first-order chi connectivity index (χ1) is 14.0. The van der Waals surface area contributed by atoms with Crippen molar-refractivity contribution >= 4 is 22.5 Å². The van der Waals surface area contributed by atoms with Crippen molar-refractivity contribution in [3.05, 3.63) is 75.7 Å². The van der Waals surface area contributed by atoms with Crippen molar-refractivity contribution in [3.63, 3.8) is 0 Å². The average Bonchev–Trinajstić information content (AvgIpc) is 3.17. The van der Waals surface area contributed by atoms with Crippen molar-refractivity contribution in [2.45, 2.75) is 18.3 Å². The Kier molecular flexibility index (Phi) is 5.02. The van der Waals surface area contributed by atoms with Gasteiger partial charge in [-0.2, -0.15) is 0 Å². The van der Waals surface area contributed by atoms with E-state index in [1.165, 1.54) is 18.2 Å². The first-order valence-corrected chi connectivity index (χ1v) is 9.37. The maximum Gasteiger partial charge on any atom is 0.293 e. The van der Waals surface area contributed by atoms with Gasteiger partial charge in [0.2, 0.25) is 0 Å². The van der Waals surface area contributed by atoms with E-state index in [1.54, 1.807) is 30.3 Å². The number of carbonyl (C=O) groups excluding carboxylic acids is 1. The third-order valence-electron chi connectivity index (χ3n) is 5.57. The number of ether oxygens (including phenoxy) is 1. The van der Waals surface area contributed by atoms with E-state index in [-0.39, 0.29) is 28.5 Å². The fourth-order valence-electron chi connectivity index (χ4n) is 3.89. The lowest BCUT2D eigenvalue weighted by Crippen LogP contribution is -2.44. The third-order valence-corrected chi connectivity index (χ3v) is 5.57. The molecule has 0 aliphatic carbocycles. The molecule has 3 aromatic rings. The summed E-state index contributed by atoms with van der Waals surface area (Å²) in [6, 6.07) is 12.6. The highest BCUT2D eigenvalue weighted by atomic mass is 19.1. The number of nitrogens with zero attached hydrogens (tertiary/aromatic N) is 1. The van der Waals surface area contributed by atoms with Gasteiger partial charge in [0, 0.05) is 36.6 Å². The van der Waals surface area contributed by atoms with Crippen LogP contribution in [0.4, 0.5) is 10.1 Å². The zero-order valence-electron chi connectivity index (χ0n) is 15.6. The second kappa shape index (κ2) is 7.63. The number of aromatic amines is 1. The third kappa shape index (κ3) is 3.71. The molecule has 1 saturated heterocycles. The molecule has 29 heavy (non-hydrogen) atoms. The predicted octanol–water partition coefficient (Wildman–Crippen LogP) is 3.69. The first kappa shape index (κ1) is 19.1. The molecule has 0 radical (unpaired) electrons. The van der Waals surface area contributed by atoms with Crippen molar-refractivity contribution < 1.29 is 18.8 Å². The van der Waals surface area contributed by atoms with Crippen LogP contribution in [0.2, 0.25) is 0 Å². The molecule has 8 heteroatoms. The molecule has 2 aromatic carbocycles. The van der Waals surface area contributed by atoms with Gasteiger partial charge in [0.05, 0.1) is 4.92 Å². The molecule has 0 saturated carbocycles. The zero-order valence-corrected chi connectivity index (χ0v) is 15.6. The Balaban J connectivity index is 1.57. The lowest BCUT2D eigenvalue weighted by molar-refractivity contribution is -0.383. The van der Waals surface area contributed by atoms with Gasteiger partial charge in [-0.05, 0) is 36.6 Å². The molecule has 4 rings (SSSR count). The summed E-state index contributed by atoms with van der Waals surface area (Å²) in [5.41, 5.74) is 1.11. The zero-order chi connectivity index (χ0) is 20.4. The molecule has 0 atom stereocenters. The maximum atomic E-state index is 13.4. The summed E-state index contributed by atoms with van der Waals surface area (Å²) >= 11 is 0. The maximum absolute atomic E-state index is 13.4. The molecule has 1 amide bonds. The fourth-order valence-corrected chi connectivity index (χ4v) is 3.89. The van der Waals surface area contributed by atoms with Crippen LogP contribution >= 0.6 is 0 Å². The lowest BCUT2D eigenvalue weighted by Gasteiger charge is -2.38. The van der Waals surface area contributed by atoms with E-state index in [9.17, 15) is 19.3 Å². The highest BCUT2D eigenvalue weighted by Gasteiger charge is 2.35. The van der Waals surface area contributed by atoms with Crippen LogP contribution in [-0.2, 0) is 10.2 Å². The van der Waals surface area contributed by atoms with Crippen LogP contribution in [-0.4, -0.2) is 35.6 Å². The number of benzene rings is 2. The Labute approximate surface area is 166 Å². The van der Waals surface area contributed by atoms with Crippen LogP contribution in [0.1, 0.15) is 28.9 Å². The number of carbonyl (C=O) groups is 1. The predicted molar refractivity (Wildman–Crippen MR) is 105 cm³/mol. The molecule has 1 aliphatic rings. The van der Waals surface area contributed by atoms with Crippen LogP contribution in [0, 0.1) is 15.9 Å². The topological polar surface area (TPSA) is 97.3 Å². The molecule has 0 bridgehead atoms. The number of hydrogen-bond acceptors (Lipinski definition) is 4. The van der Waals surface area contributed by atoms with Crippen LogP contribution in [0.3, 0.4) is 0 Å². The first-order valence-electron chi connectivity index (χ1n) is 9.37.